The number of fused-ring (bicyclic) bond motifs is 1. The van der Waals surface area contributed by atoms with E-state index in [0.29, 0.717) is 26.9 Å². The van der Waals surface area contributed by atoms with Crippen molar-refractivity contribution in [2.75, 3.05) is 11.3 Å². The average Bonchev–Trinajstić information content (AvgIpc) is 2.92. The summed E-state index contributed by atoms with van der Waals surface area (Å²) in [6, 6.07) is 9.69. The molecule has 1 aromatic heterocycles. The largest absolute Gasteiger partial charge is 0.462 e. The number of ether oxygens (including phenoxy) is 1. The number of esters is 1. The molecule has 0 saturated carbocycles. The van der Waals surface area contributed by atoms with Crippen molar-refractivity contribution in [3.63, 3.8) is 0 Å². The topological polar surface area (TPSA) is 85.6 Å². The van der Waals surface area contributed by atoms with Crippen molar-refractivity contribution >= 4 is 48.6 Å². The Labute approximate surface area is 165 Å². The summed E-state index contributed by atoms with van der Waals surface area (Å²) in [5, 5.41) is 0.474. The van der Waals surface area contributed by atoms with Crippen molar-refractivity contribution in [2.24, 2.45) is 0 Å². The highest BCUT2D eigenvalue weighted by Gasteiger charge is 2.23. The van der Waals surface area contributed by atoms with Crippen LogP contribution in [0.5, 0.6) is 0 Å². The van der Waals surface area contributed by atoms with Gasteiger partial charge in [0.25, 0.3) is 10.0 Å². The van der Waals surface area contributed by atoms with Crippen LogP contribution in [0.2, 0.25) is 0 Å². The highest BCUT2D eigenvalue weighted by Crippen LogP contribution is 2.35. The van der Waals surface area contributed by atoms with Crippen LogP contribution in [0.3, 0.4) is 0 Å². The number of hydrogen-bond donors (Lipinski definition) is 1. The molecule has 27 heavy (non-hydrogen) atoms. The van der Waals surface area contributed by atoms with Gasteiger partial charge >= 0.3 is 5.97 Å². The quantitative estimate of drug-likeness (QED) is 0.563. The van der Waals surface area contributed by atoms with Gasteiger partial charge in [0.1, 0.15) is 16.9 Å². The van der Waals surface area contributed by atoms with E-state index >= 15 is 0 Å². The van der Waals surface area contributed by atoms with E-state index in [9.17, 15) is 13.2 Å². The minimum Gasteiger partial charge on any atom is -0.462 e. The predicted molar refractivity (Wildman–Crippen MR) is 107 cm³/mol. The minimum atomic E-state index is -3.77. The zero-order valence-electron chi connectivity index (χ0n) is 15.0. The van der Waals surface area contributed by atoms with Crippen molar-refractivity contribution < 1.29 is 22.4 Å². The van der Waals surface area contributed by atoms with E-state index in [2.05, 4.69) is 20.7 Å². The van der Waals surface area contributed by atoms with E-state index in [1.165, 1.54) is 12.1 Å². The van der Waals surface area contributed by atoms with Gasteiger partial charge in [0.15, 0.2) is 0 Å². The number of carbonyl (C=O) groups excluding carboxylic acids is 1. The first-order valence-corrected chi connectivity index (χ1v) is 10.5. The third-order valence-corrected chi connectivity index (χ3v) is 5.97. The molecule has 1 heterocycles. The number of hydrogen-bond acceptors (Lipinski definition) is 5. The number of sulfonamides is 1. The Kier molecular flexibility index (Phi) is 5.30. The van der Waals surface area contributed by atoms with Crippen LogP contribution in [-0.2, 0) is 14.8 Å². The Hall–Kier alpha value is -2.32. The number of aryl methyl sites for hydroxylation is 2. The monoisotopic (exact) mass is 451 g/mol. The maximum atomic E-state index is 12.6. The van der Waals surface area contributed by atoms with Crippen LogP contribution in [0.25, 0.3) is 11.0 Å². The molecule has 0 bridgehead atoms. The summed E-state index contributed by atoms with van der Waals surface area (Å²) in [5.74, 6) is -0.109. The summed E-state index contributed by atoms with van der Waals surface area (Å²) in [4.78, 5) is 12.4. The summed E-state index contributed by atoms with van der Waals surface area (Å²) >= 11 is 3.38. The molecule has 0 aliphatic rings. The molecule has 8 heteroatoms. The normalized spacial score (nSPS) is 11.6. The van der Waals surface area contributed by atoms with Gasteiger partial charge in [-0.2, -0.15) is 0 Å². The number of anilines is 1. The van der Waals surface area contributed by atoms with E-state index in [1.54, 1.807) is 38.1 Å². The van der Waals surface area contributed by atoms with Gasteiger partial charge in [0.2, 0.25) is 0 Å². The van der Waals surface area contributed by atoms with E-state index in [4.69, 9.17) is 9.15 Å². The van der Waals surface area contributed by atoms with Crippen LogP contribution in [0, 0.1) is 13.8 Å². The molecule has 0 aliphatic carbocycles. The predicted octanol–water partition coefficient (Wildman–Crippen LogP) is 4.79. The van der Waals surface area contributed by atoms with Crippen molar-refractivity contribution in [3.05, 3.63) is 57.8 Å². The van der Waals surface area contributed by atoms with Crippen molar-refractivity contribution in [1.82, 2.24) is 0 Å². The zero-order chi connectivity index (χ0) is 19.8. The second-order valence-electron chi connectivity index (χ2n) is 6.01. The Balaban J connectivity index is 2.06. The van der Waals surface area contributed by atoms with Crippen molar-refractivity contribution in [3.8, 4) is 0 Å². The summed E-state index contributed by atoms with van der Waals surface area (Å²) in [5.41, 5.74) is 2.00. The van der Waals surface area contributed by atoms with Crippen LogP contribution in [0.15, 0.2) is 50.2 Å². The van der Waals surface area contributed by atoms with Crippen LogP contribution >= 0.6 is 15.9 Å². The lowest BCUT2D eigenvalue weighted by atomic mass is 10.1. The SMILES string of the molecule is CCOC(=O)c1c(C)oc2c(Br)cc(NS(=O)(=O)c3ccc(C)cc3)cc12. The molecule has 0 atom stereocenters. The highest BCUT2D eigenvalue weighted by atomic mass is 79.9. The van der Waals surface area contributed by atoms with Gasteiger partial charge in [-0.1, -0.05) is 17.7 Å². The second-order valence-corrected chi connectivity index (χ2v) is 8.54. The Morgan fingerprint density at radius 2 is 1.85 bits per heavy atom. The van der Waals surface area contributed by atoms with E-state index in [1.807, 2.05) is 6.92 Å². The Morgan fingerprint density at radius 1 is 1.19 bits per heavy atom. The lowest BCUT2D eigenvalue weighted by Crippen LogP contribution is -2.13. The van der Waals surface area contributed by atoms with Gasteiger partial charge < -0.3 is 9.15 Å². The molecular formula is C19H18BrNO5S. The van der Waals surface area contributed by atoms with Gasteiger partial charge in [-0.15, -0.1) is 0 Å². The molecule has 0 aliphatic heterocycles. The first-order valence-electron chi connectivity index (χ1n) is 8.22. The molecule has 0 unspecified atom stereocenters. The molecule has 142 valence electrons. The molecular weight excluding hydrogens is 434 g/mol. The number of benzene rings is 2. The number of rotatable bonds is 5. The van der Waals surface area contributed by atoms with Crippen LogP contribution < -0.4 is 4.72 Å². The summed E-state index contributed by atoms with van der Waals surface area (Å²) in [6.07, 6.45) is 0. The zero-order valence-corrected chi connectivity index (χ0v) is 17.4. The summed E-state index contributed by atoms with van der Waals surface area (Å²) in [6.45, 7) is 5.49. The van der Waals surface area contributed by atoms with Gasteiger partial charge in [-0.05, 0) is 61.0 Å². The molecule has 6 nitrogen and oxygen atoms in total. The van der Waals surface area contributed by atoms with E-state index < -0.39 is 16.0 Å². The van der Waals surface area contributed by atoms with Crippen LogP contribution in [-0.4, -0.2) is 21.0 Å². The molecule has 0 spiro atoms. The molecule has 0 fully saturated rings. The standard InChI is InChI=1S/C19H18BrNO5S/c1-4-25-19(22)17-12(3)26-18-15(17)9-13(10-16(18)20)21-27(23,24)14-7-5-11(2)6-8-14/h5-10,21H,4H2,1-3H3. The summed E-state index contributed by atoms with van der Waals surface area (Å²) in [7, 11) is -3.77. The highest BCUT2D eigenvalue weighted by molar-refractivity contribution is 9.10. The molecule has 3 aromatic rings. The molecule has 1 N–H and O–H groups in total. The number of nitrogens with one attached hydrogen (secondary N) is 1. The van der Waals surface area contributed by atoms with Crippen molar-refractivity contribution in [1.29, 1.82) is 0 Å². The third-order valence-electron chi connectivity index (χ3n) is 3.98. The third kappa shape index (κ3) is 3.86. The van der Waals surface area contributed by atoms with Crippen molar-refractivity contribution in [2.45, 2.75) is 25.7 Å². The maximum Gasteiger partial charge on any atom is 0.342 e. The number of halogens is 1. The Bertz CT molecular complexity index is 1120. The fourth-order valence-corrected chi connectivity index (χ4v) is 4.31. The first kappa shape index (κ1) is 19.4. The molecule has 0 saturated heterocycles. The smallest absolute Gasteiger partial charge is 0.342 e. The lowest BCUT2D eigenvalue weighted by Gasteiger charge is -2.09. The fraction of sp³-hybridized carbons (Fsp3) is 0.211. The van der Waals surface area contributed by atoms with Gasteiger partial charge in [-0.3, -0.25) is 4.72 Å². The minimum absolute atomic E-state index is 0.151. The molecule has 2 aromatic carbocycles. The second kappa shape index (κ2) is 7.36. The van der Waals surface area contributed by atoms with Gasteiger partial charge in [0, 0.05) is 5.39 Å². The molecule has 0 amide bonds. The fourth-order valence-electron chi connectivity index (χ4n) is 2.72. The van der Waals surface area contributed by atoms with Crippen LogP contribution in [0.4, 0.5) is 5.69 Å². The van der Waals surface area contributed by atoms with Gasteiger partial charge in [-0.25, -0.2) is 13.2 Å². The van der Waals surface area contributed by atoms with E-state index in [0.717, 1.165) is 5.56 Å². The molecule has 0 radical (unpaired) electrons. The lowest BCUT2D eigenvalue weighted by molar-refractivity contribution is 0.0526. The van der Waals surface area contributed by atoms with E-state index in [-0.39, 0.29) is 17.1 Å². The molecule has 3 rings (SSSR count). The van der Waals surface area contributed by atoms with Gasteiger partial charge in [0.05, 0.1) is 21.7 Å². The first-order chi connectivity index (χ1) is 12.7. The number of furan rings is 1. The Morgan fingerprint density at radius 3 is 2.48 bits per heavy atom. The van der Waals surface area contributed by atoms with Crippen LogP contribution in [0.1, 0.15) is 28.6 Å². The summed E-state index contributed by atoms with van der Waals surface area (Å²) < 4.78 is 39.1. The average molecular weight is 452 g/mol. The number of carbonyl (C=O) groups is 1. The maximum absolute atomic E-state index is 12.6.